The molecule has 1 fully saturated rings. The summed E-state index contributed by atoms with van der Waals surface area (Å²) in [5.41, 5.74) is 3.45. The molecule has 0 atom stereocenters. The Morgan fingerprint density at radius 1 is 1.24 bits per heavy atom. The molecular weight excluding hydrogens is 390 g/mol. The maximum atomic E-state index is 12.8. The van der Waals surface area contributed by atoms with Crippen molar-refractivity contribution in [2.45, 2.75) is 12.6 Å². The average Bonchev–Trinajstić information content (AvgIpc) is 3.10. The van der Waals surface area contributed by atoms with Crippen LogP contribution in [-0.2, 0) is 6.54 Å². The van der Waals surface area contributed by atoms with Crippen LogP contribution in [0, 0.1) is 0 Å². The Morgan fingerprint density at radius 3 is 2.86 bits per heavy atom. The third-order valence-electron chi connectivity index (χ3n) is 5.35. The van der Waals surface area contributed by atoms with E-state index in [0.29, 0.717) is 17.3 Å². The molecule has 3 heterocycles. The number of benzene rings is 2. The van der Waals surface area contributed by atoms with Crippen LogP contribution in [0.1, 0.15) is 16.2 Å². The summed E-state index contributed by atoms with van der Waals surface area (Å²) in [5, 5.41) is 5.75. The minimum atomic E-state index is -0.119. The van der Waals surface area contributed by atoms with E-state index in [4.69, 9.17) is 16.1 Å². The van der Waals surface area contributed by atoms with Gasteiger partial charge in [-0.25, -0.2) is 4.98 Å². The topological polar surface area (TPSA) is 75.4 Å². The number of fused-ring (bicyclic) bond motifs is 2. The Kier molecular flexibility index (Phi) is 4.41. The van der Waals surface area contributed by atoms with Crippen LogP contribution in [0.3, 0.4) is 0 Å². The van der Waals surface area contributed by atoms with Crippen LogP contribution in [0.2, 0.25) is 5.02 Å². The van der Waals surface area contributed by atoms with Gasteiger partial charge in [0.1, 0.15) is 11.4 Å². The highest BCUT2D eigenvalue weighted by Gasteiger charge is 2.34. The van der Waals surface area contributed by atoms with Gasteiger partial charge in [0.15, 0.2) is 5.58 Å². The van der Waals surface area contributed by atoms with Gasteiger partial charge in [-0.15, -0.1) is 0 Å². The molecule has 0 bridgehead atoms. The highest BCUT2D eigenvalue weighted by molar-refractivity contribution is 6.31. The second kappa shape index (κ2) is 7.09. The van der Waals surface area contributed by atoms with Crippen LogP contribution in [0.4, 0.5) is 0 Å². The number of carbonyl (C=O) groups is 1. The molecule has 5 rings (SSSR count). The van der Waals surface area contributed by atoms with E-state index in [0.717, 1.165) is 40.8 Å². The lowest BCUT2D eigenvalue weighted by Gasteiger charge is -2.43. The molecule has 1 amide bonds. The van der Waals surface area contributed by atoms with Crippen molar-refractivity contribution in [3.63, 3.8) is 0 Å². The third-order valence-corrected chi connectivity index (χ3v) is 5.59. The number of aromatic nitrogens is 3. The largest absolute Gasteiger partial charge is 0.356 e. The molecule has 0 N–H and O–H groups in total. The fraction of sp³-hybridized carbons (Fsp3) is 0.238. The molecule has 2 aromatic heterocycles. The molecule has 0 spiro atoms. The zero-order valence-electron chi connectivity index (χ0n) is 15.7. The van der Waals surface area contributed by atoms with Crippen molar-refractivity contribution in [2.24, 2.45) is 0 Å². The molecular formula is C21H18ClN5O2. The predicted octanol–water partition coefficient (Wildman–Crippen LogP) is 3.38. The first kappa shape index (κ1) is 18.0. The number of hydrogen-bond acceptors (Lipinski definition) is 6. The molecule has 7 nitrogen and oxygen atoms in total. The minimum Gasteiger partial charge on any atom is -0.356 e. The van der Waals surface area contributed by atoms with Gasteiger partial charge in [-0.2, -0.15) is 0 Å². The molecule has 0 radical (unpaired) electrons. The number of nitrogens with zero attached hydrogens (tertiary/aromatic N) is 5. The normalized spacial score (nSPS) is 15.0. The molecule has 8 heteroatoms. The summed E-state index contributed by atoms with van der Waals surface area (Å²) in [6.45, 7) is 2.18. The van der Waals surface area contributed by atoms with Gasteiger partial charge >= 0.3 is 0 Å². The standard InChI is InChI=1S/C21H18ClN5O2/c1-26(21(28)18-9-23-16-4-2-3-5-17(16)24-18)14-10-27(11-14)12-19-15-8-13(22)6-7-20(15)29-25-19/h2-9,14H,10-12H2,1H3. The van der Waals surface area contributed by atoms with Crippen molar-refractivity contribution in [1.82, 2.24) is 24.9 Å². The van der Waals surface area contributed by atoms with Gasteiger partial charge < -0.3 is 9.42 Å². The number of likely N-dealkylation sites (tertiary alicyclic amines) is 1. The summed E-state index contributed by atoms with van der Waals surface area (Å²) < 4.78 is 5.36. The van der Waals surface area contributed by atoms with Crippen LogP contribution < -0.4 is 0 Å². The lowest BCUT2D eigenvalue weighted by Crippen LogP contribution is -2.59. The number of hydrogen-bond donors (Lipinski definition) is 0. The Hall–Kier alpha value is -3.03. The third kappa shape index (κ3) is 3.32. The Balaban J connectivity index is 1.24. The second-order valence-electron chi connectivity index (χ2n) is 7.28. The molecule has 0 unspecified atom stereocenters. The summed E-state index contributed by atoms with van der Waals surface area (Å²) in [7, 11) is 1.81. The van der Waals surface area contributed by atoms with Crippen LogP contribution >= 0.6 is 11.6 Å². The smallest absolute Gasteiger partial charge is 0.274 e. The quantitative estimate of drug-likeness (QED) is 0.516. The number of carbonyl (C=O) groups excluding carboxylic acids is 1. The van der Waals surface area contributed by atoms with E-state index in [1.165, 1.54) is 0 Å². The van der Waals surface area contributed by atoms with Gasteiger partial charge in [0.2, 0.25) is 0 Å². The monoisotopic (exact) mass is 407 g/mol. The van der Waals surface area contributed by atoms with Crippen molar-refractivity contribution >= 4 is 39.5 Å². The zero-order valence-corrected chi connectivity index (χ0v) is 16.5. The van der Waals surface area contributed by atoms with E-state index in [1.807, 2.05) is 43.4 Å². The first-order valence-electron chi connectivity index (χ1n) is 9.33. The van der Waals surface area contributed by atoms with Gasteiger partial charge in [-0.3, -0.25) is 14.7 Å². The van der Waals surface area contributed by atoms with Crippen LogP contribution in [0.15, 0.2) is 53.2 Å². The summed E-state index contributed by atoms with van der Waals surface area (Å²) in [4.78, 5) is 25.6. The number of rotatable bonds is 4. The fourth-order valence-corrected chi connectivity index (χ4v) is 3.78. The molecule has 0 saturated carbocycles. The van der Waals surface area contributed by atoms with Crippen molar-refractivity contribution in [2.75, 3.05) is 20.1 Å². The van der Waals surface area contributed by atoms with E-state index in [-0.39, 0.29) is 11.9 Å². The minimum absolute atomic E-state index is 0.119. The van der Waals surface area contributed by atoms with Gasteiger partial charge in [-0.1, -0.05) is 28.9 Å². The molecule has 4 aromatic rings. The van der Waals surface area contributed by atoms with Crippen molar-refractivity contribution in [1.29, 1.82) is 0 Å². The molecule has 2 aromatic carbocycles. The van der Waals surface area contributed by atoms with E-state index in [2.05, 4.69) is 20.0 Å². The highest BCUT2D eigenvalue weighted by Crippen LogP contribution is 2.26. The van der Waals surface area contributed by atoms with Crippen molar-refractivity contribution in [3.05, 3.63) is 65.1 Å². The van der Waals surface area contributed by atoms with Gasteiger partial charge in [0.05, 0.1) is 23.3 Å². The van der Waals surface area contributed by atoms with E-state index >= 15 is 0 Å². The average molecular weight is 408 g/mol. The number of likely N-dealkylation sites (N-methyl/N-ethyl adjacent to an activating group) is 1. The molecule has 1 aliphatic rings. The summed E-state index contributed by atoms with van der Waals surface area (Å²) >= 11 is 6.09. The maximum Gasteiger partial charge on any atom is 0.274 e. The van der Waals surface area contributed by atoms with Crippen LogP contribution in [0.25, 0.3) is 22.0 Å². The number of para-hydroxylation sites is 2. The van der Waals surface area contributed by atoms with E-state index < -0.39 is 0 Å². The first-order valence-corrected chi connectivity index (χ1v) is 9.71. The predicted molar refractivity (Wildman–Crippen MR) is 110 cm³/mol. The summed E-state index contributed by atoms with van der Waals surface area (Å²) in [5.74, 6) is -0.119. The SMILES string of the molecule is CN(C(=O)c1cnc2ccccc2n1)C1CN(Cc2noc3ccc(Cl)cc23)C1. The molecule has 29 heavy (non-hydrogen) atoms. The van der Waals surface area contributed by atoms with E-state index in [1.54, 1.807) is 17.2 Å². The molecule has 1 aliphatic heterocycles. The zero-order chi connectivity index (χ0) is 20.0. The van der Waals surface area contributed by atoms with Crippen molar-refractivity contribution in [3.8, 4) is 0 Å². The Morgan fingerprint density at radius 2 is 2.03 bits per heavy atom. The van der Waals surface area contributed by atoms with Crippen LogP contribution in [-0.4, -0.2) is 57.0 Å². The molecule has 0 aliphatic carbocycles. The summed E-state index contributed by atoms with van der Waals surface area (Å²) in [6.07, 6.45) is 1.54. The summed E-state index contributed by atoms with van der Waals surface area (Å²) in [6, 6.07) is 13.1. The Bertz CT molecular complexity index is 1220. The van der Waals surface area contributed by atoms with E-state index in [9.17, 15) is 4.79 Å². The number of amides is 1. The molecule has 146 valence electrons. The van der Waals surface area contributed by atoms with Crippen LogP contribution in [0.5, 0.6) is 0 Å². The Labute approximate surface area is 171 Å². The van der Waals surface area contributed by atoms with Gasteiger partial charge in [-0.05, 0) is 30.3 Å². The van der Waals surface area contributed by atoms with Gasteiger partial charge in [0, 0.05) is 37.1 Å². The number of halogens is 1. The van der Waals surface area contributed by atoms with Crippen molar-refractivity contribution < 1.29 is 9.32 Å². The molecule has 1 saturated heterocycles. The fourth-order valence-electron chi connectivity index (χ4n) is 3.61. The lowest BCUT2D eigenvalue weighted by molar-refractivity contribution is 0.0324. The van der Waals surface area contributed by atoms with Gasteiger partial charge in [0.25, 0.3) is 5.91 Å². The lowest BCUT2D eigenvalue weighted by atomic mass is 10.1. The second-order valence-corrected chi connectivity index (χ2v) is 7.71. The maximum absolute atomic E-state index is 12.8. The first-order chi connectivity index (χ1) is 14.1. The highest BCUT2D eigenvalue weighted by atomic mass is 35.5.